The summed E-state index contributed by atoms with van der Waals surface area (Å²) in [7, 11) is 0. The van der Waals surface area contributed by atoms with Gasteiger partial charge < -0.3 is 50.5 Å². The Balaban J connectivity index is 0.000000132. The molecule has 9 aromatic rings. The first-order valence-electron chi connectivity index (χ1n) is 36.0. The Kier molecular flexibility index (Phi) is 25.7. The van der Waals surface area contributed by atoms with Gasteiger partial charge in [0, 0.05) is 130 Å². The molecule has 7 heterocycles. The molecule has 1 atom stereocenters. The maximum atomic E-state index is 12.9. The van der Waals surface area contributed by atoms with E-state index >= 15 is 0 Å². The van der Waals surface area contributed by atoms with Gasteiger partial charge in [0.2, 0.25) is 5.91 Å². The van der Waals surface area contributed by atoms with Gasteiger partial charge in [-0.3, -0.25) is 29.1 Å². The fraction of sp³-hybridized carbons (Fsp3) is 0.346. The lowest BCUT2D eigenvalue weighted by Crippen LogP contribution is -2.46. The molecular formula is C81H93Cl3N14O5. The molecule has 0 radical (unpaired) electrons. The summed E-state index contributed by atoms with van der Waals surface area (Å²) >= 11 is 18.6. The highest BCUT2D eigenvalue weighted by Crippen LogP contribution is 2.40. The number of hydrogen-bond acceptors (Lipinski definition) is 16. The van der Waals surface area contributed by atoms with Crippen LogP contribution in [0.1, 0.15) is 72.3 Å². The van der Waals surface area contributed by atoms with Crippen LogP contribution in [0.5, 0.6) is 17.2 Å². The topological polar surface area (TPSA) is 190 Å². The van der Waals surface area contributed by atoms with E-state index in [-0.39, 0.29) is 23.4 Å². The predicted octanol–water partition coefficient (Wildman–Crippen LogP) is 13.7. The number of aromatic nitrogens is 3. The number of carbonyl (C=O) groups is 1. The molecule has 6 aliphatic rings. The number of fused-ring (bicyclic) bond motifs is 6. The number of amides is 1. The lowest BCUT2D eigenvalue weighted by atomic mass is 9.97. The van der Waals surface area contributed by atoms with Crippen molar-refractivity contribution in [1.29, 1.82) is 0 Å². The first-order chi connectivity index (χ1) is 50.3. The number of piperazine rings is 2. The number of aromatic hydroxyl groups is 1. The van der Waals surface area contributed by atoms with Crippen LogP contribution >= 0.6 is 34.8 Å². The summed E-state index contributed by atoms with van der Waals surface area (Å²) < 4.78 is 15.0. The second kappa shape index (κ2) is 36.1. The summed E-state index contributed by atoms with van der Waals surface area (Å²) in [4.78, 5) is 47.3. The molecule has 8 aromatic carbocycles. The Hall–Kier alpha value is -9.50. The Bertz CT molecular complexity index is 4400. The van der Waals surface area contributed by atoms with Crippen LogP contribution < -0.4 is 51.1 Å². The molecule has 1 unspecified atom stereocenters. The number of benzene rings is 8. The van der Waals surface area contributed by atoms with Crippen molar-refractivity contribution in [3.63, 3.8) is 0 Å². The van der Waals surface area contributed by atoms with E-state index in [1.807, 2.05) is 97.9 Å². The molecule has 0 aliphatic carbocycles. The number of nitrogens with one attached hydrogen (secondary N) is 2. The number of rotatable bonds is 21. The molecule has 22 heteroatoms. The number of hydrogen-bond donors (Lipinski definition) is 4. The van der Waals surface area contributed by atoms with Crippen LogP contribution in [-0.2, 0) is 37.1 Å². The molecule has 1 amide bonds. The Labute approximate surface area is 619 Å². The van der Waals surface area contributed by atoms with Crippen LogP contribution in [0, 0.1) is 6.92 Å². The van der Waals surface area contributed by atoms with Gasteiger partial charge in [-0.15, -0.1) is 0 Å². The zero-order chi connectivity index (χ0) is 71.4. The largest absolute Gasteiger partial charge is 0.508 e. The number of ether oxygens (including phenoxy) is 2. The van der Waals surface area contributed by atoms with Gasteiger partial charge >= 0.3 is 5.69 Å². The van der Waals surface area contributed by atoms with Crippen molar-refractivity contribution >= 4 is 86.6 Å². The SMILES string of the molecule is CCc1nn(CCCN2CCN(c3cccc(Cl)c3)CC2)c(=O)n1CCOc1ccccc1.Cc1ccc(N(CC2=NCCN2)c2cccc(O)c2)cc1.NC1=NCC2c3ccccc3Cc3ccccc3N12.O=C1CCc2ccc(OCCCCN3CCN(c4cccc(Cl)c4Cl)CC3)cc2N1. The summed E-state index contributed by atoms with van der Waals surface area (Å²) in [5.74, 6) is 4.41. The fourth-order valence-electron chi connectivity index (χ4n) is 13.8. The van der Waals surface area contributed by atoms with Crippen LogP contribution in [0.2, 0.25) is 15.1 Å². The van der Waals surface area contributed by atoms with Crippen molar-refractivity contribution < 1.29 is 19.4 Å². The third-order valence-electron chi connectivity index (χ3n) is 19.4. The van der Waals surface area contributed by atoms with Crippen molar-refractivity contribution in [1.82, 2.24) is 29.5 Å². The lowest BCUT2D eigenvalue weighted by molar-refractivity contribution is -0.116. The number of amidine groups is 1. The number of unbranched alkanes of at least 4 members (excludes halogenated alkanes) is 1. The van der Waals surface area contributed by atoms with Crippen LogP contribution in [0.4, 0.5) is 34.1 Å². The second-order valence-corrected chi connectivity index (χ2v) is 27.6. The highest BCUT2D eigenvalue weighted by Gasteiger charge is 2.34. The average molecular weight is 1450 g/mol. The minimum Gasteiger partial charge on any atom is -0.508 e. The molecule has 2 saturated heterocycles. The third kappa shape index (κ3) is 19.6. The minimum atomic E-state index is -0.0470. The number of nitrogens with zero attached hydrogens (tertiary/aromatic N) is 11. The van der Waals surface area contributed by atoms with E-state index in [2.05, 4.69) is 147 Å². The molecule has 6 aliphatic heterocycles. The number of guanidine groups is 1. The molecule has 0 spiro atoms. The molecule has 0 saturated carbocycles. The van der Waals surface area contributed by atoms with Crippen molar-refractivity contribution in [2.24, 2.45) is 15.7 Å². The molecule has 0 bridgehead atoms. The molecule has 2 fully saturated rings. The smallest absolute Gasteiger partial charge is 0.346 e. The van der Waals surface area contributed by atoms with Gasteiger partial charge in [0.05, 0.1) is 54.6 Å². The standard InChI is InChI=1S/C25H32ClN5O2.C23H27Cl2N3O2.C17H19N3O.C16H15N3/c1-2-24-27-31(25(32)30(24)18-19-33-23-10-4-3-5-11-23)13-7-12-28-14-16-29(17-15-28)22-9-6-8-21(26)20-22;24-19-4-3-5-21(23(19)25)28-13-11-27(12-14-28)10-1-2-15-30-18-8-6-17-7-9-22(29)26-20(17)16-18;1-13-5-7-14(8-6-13)20(12-17-18-9-10-19-17)15-3-2-4-16(21)11-15;17-16-18-10-15-13-7-3-1-5-11(13)9-12-6-2-4-8-14(12)19(15)16/h3-6,8-11,20H,2,7,12-19H2,1H3;3-6,8,16H,1-2,7,9-15H2,(H,26,29);2-8,11,21H,9-10,12H2,1H3,(H,18,19);1-8,15H,9-10H2,(H2,17,18). The van der Waals surface area contributed by atoms with Crippen molar-refractivity contribution in [2.75, 3.05) is 130 Å². The van der Waals surface area contributed by atoms with Crippen molar-refractivity contribution in [3.8, 4) is 17.2 Å². The number of aryl methyl sites for hydroxylation is 4. The molecule has 538 valence electrons. The van der Waals surface area contributed by atoms with Gasteiger partial charge in [-0.05, 0) is 147 Å². The summed E-state index contributed by atoms with van der Waals surface area (Å²) in [5.41, 5.74) is 18.9. The van der Waals surface area contributed by atoms with E-state index in [1.165, 1.54) is 39.2 Å². The highest BCUT2D eigenvalue weighted by molar-refractivity contribution is 6.43. The second-order valence-electron chi connectivity index (χ2n) is 26.4. The maximum Gasteiger partial charge on any atom is 0.346 e. The predicted molar refractivity (Wildman–Crippen MR) is 420 cm³/mol. The third-order valence-corrected chi connectivity index (χ3v) is 20.4. The number of nitrogens with two attached hydrogens (primary N) is 1. The van der Waals surface area contributed by atoms with E-state index in [9.17, 15) is 14.7 Å². The summed E-state index contributed by atoms with van der Waals surface area (Å²) in [6.07, 6.45) is 6.05. The normalized spacial score (nSPS) is 16.1. The van der Waals surface area contributed by atoms with E-state index in [4.69, 9.17) is 50.0 Å². The monoisotopic (exact) mass is 1450 g/mol. The number of phenolic OH excluding ortho intramolecular Hbond substituents is 1. The summed E-state index contributed by atoms with van der Waals surface area (Å²) in [6, 6.07) is 62.5. The highest BCUT2D eigenvalue weighted by atomic mass is 35.5. The molecular weight excluding hydrogens is 1360 g/mol. The van der Waals surface area contributed by atoms with E-state index in [1.54, 1.807) is 21.4 Å². The number of phenols is 1. The lowest BCUT2D eigenvalue weighted by Gasteiger charge is -2.36. The average Bonchev–Trinajstić information content (AvgIpc) is 1.62. The number of anilines is 6. The number of para-hydroxylation sites is 2. The minimum absolute atomic E-state index is 0.0470. The molecule has 1 aromatic heterocycles. The van der Waals surface area contributed by atoms with Gasteiger partial charge in [0.1, 0.15) is 35.5 Å². The Morgan fingerprint density at radius 2 is 1.33 bits per heavy atom. The molecule has 103 heavy (non-hydrogen) atoms. The molecule has 19 nitrogen and oxygen atoms in total. The van der Waals surface area contributed by atoms with E-state index < -0.39 is 0 Å². The first-order valence-corrected chi connectivity index (χ1v) is 37.1. The summed E-state index contributed by atoms with van der Waals surface area (Å²) in [5, 5.41) is 22.6. The quantitative estimate of drug-likeness (QED) is 0.0497. The number of halogens is 3. The van der Waals surface area contributed by atoms with Crippen LogP contribution in [0.25, 0.3) is 0 Å². The van der Waals surface area contributed by atoms with Gasteiger partial charge in [-0.1, -0.05) is 144 Å². The number of aliphatic imine (C=N–C) groups is 2. The van der Waals surface area contributed by atoms with Gasteiger partial charge in [-0.2, -0.15) is 5.10 Å². The van der Waals surface area contributed by atoms with Crippen LogP contribution in [0.15, 0.2) is 203 Å². The van der Waals surface area contributed by atoms with E-state index in [0.717, 1.165) is 175 Å². The van der Waals surface area contributed by atoms with Crippen LogP contribution in [-0.4, -0.2) is 152 Å². The van der Waals surface area contributed by atoms with Gasteiger partial charge in [0.15, 0.2) is 5.96 Å². The number of carbonyl (C=O) groups excluding carboxylic acids is 1. The zero-order valence-electron chi connectivity index (χ0n) is 58.9. The van der Waals surface area contributed by atoms with Crippen molar-refractivity contribution in [2.45, 2.75) is 77.9 Å². The first kappa shape index (κ1) is 73.3. The van der Waals surface area contributed by atoms with E-state index in [0.29, 0.717) is 55.3 Å². The maximum absolute atomic E-state index is 12.9. The Morgan fingerprint density at radius 1 is 0.621 bits per heavy atom. The molecule has 15 rings (SSSR count). The molecule has 5 N–H and O–H groups in total. The van der Waals surface area contributed by atoms with Gasteiger partial charge in [-0.25, -0.2) is 9.48 Å². The van der Waals surface area contributed by atoms with Crippen molar-refractivity contribution in [3.05, 3.63) is 247 Å². The Morgan fingerprint density at radius 3 is 2.09 bits per heavy atom. The van der Waals surface area contributed by atoms with Gasteiger partial charge in [0.25, 0.3) is 0 Å². The van der Waals surface area contributed by atoms with Crippen LogP contribution in [0.3, 0.4) is 0 Å². The summed E-state index contributed by atoms with van der Waals surface area (Å²) in [6.45, 7) is 19.5. The zero-order valence-corrected chi connectivity index (χ0v) is 61.1. The fourth-order valence-corrected chi connectivity index (χ4v) is 14.4.